The van der Waals surface area contributed by atoms with Crippen molar-refractivity contribution in [3.8, 4) is 0 Å². The molecule has 0 bridgehead atoms. The number of aryl methyl sites for hydroxylation is 1. The number of nitrogens with zero attached hydrogens (tertiary/aromatic N) is 4. The third kappa shape index (κ3) is 3.47. The van der Waals surface area contributed by atoms with Gasteiger partial charge in [-0.2, -0.15) is 0 Å². The number of benzene rings is 2. The standard InChI is InChI=1S/C22H18F3N5/c1-4-15-6-5-13(2)19(11-15)28-22-27-14(3)21-26-7-8-29(21)30(22)12-16-9-17(23)20(25)18(24)10-16/h4-11H,1,3,12H2,2H3,(H,27,28). The summed E-state index contributed by atoms with van der Waals surface area (Å²) in [6.07, 6.45) is 4.97. The van der Waals surface area contributed by atoms with Gasteiger partial charge in [0.15, 0.2) is 23.3 Å². The van der Waals surface area contributed by atoms with Crippen LogP contribution in [0.2, 0.25) is 0 Å². The van der Waals surface area contributed by atoms with Crippen LogP contribution in [-0.4, -0.2) is 15.6 Å². The normalized spacial score (nSPS) is 14.6. The molecule has 0 fully saturated rings. The zero-order valence-electron chi connectivity index (χ0n) is 16.2. The topological polar surface area (TPSA) is 45.5 Å². The number of aliphatic imine (C=N–C) groups is 1. The maximum atomic E-state index is 13.8. The number of hydrogen-bond donors (Lipinski definition) is 1. The van der Waals surface area contributed by atoms with Gasteiger partial charge in [-0.3, -0.25) is 0 Å². The summed E-state index contributed by atoms with van der Waals surface area (Å²) >= 11 is 0. The monoisotopic (exact) mass is 409 g/mol. The second-order valence-corrected chi connectivity index (χ2v) is 6.82. The van der Waals surface area contributed by atoms with Crippen LogP contribution in [0.25, 0.3) is 11.8 Å². The number of imidazole rings is 1. The Morgan fingerprint density at radius 1 is 1.17 bits per heavy atom. The van der Waals surface area contributed by atoms with E-state index < -0.39 is 17.5 Å². The van der Waals surface area contributed by atoms with E-state index in [1.807, 2.05) is 25.1 Å². The number of halogens is 3. The fraction of sp³-hybridized carbons (Fsp3) is 0.0909. The molecular weight excluding hydrogens is 391 g/mol. The van der Waals surface area contributed by atoms with E-state index in [1.165, 1.54) is 0 Å². The molecule has 0 radical (unpaired) electrons. The summed E-state index contributed by atoms with van der Waals surface area (Å²) in [7, 11) is 0. The van der Waals surface area contributed by atoms with E-state index in [2.05, 4.69) is 23.5 Å². The molecule has 1 aliphatic rings. The lowest BCUT2D eigenvalue weighted by Crippen LogP contribution is -2.51. The molecule has 0 saturated heterocycles. The first kappa shape index (κ1) is 19.5. The van der Waals surface area contributed by atoms with Crippen molar-refractivity contribution < 1.29 is 13.2 Å². The van der Waals surface area contributed by atoms with Crippen LogP contribution < -0.4 is 10.3 Å². The third-order valence-electron chi connectivity index (χ3n) is 4.73. The molecule has 5 nitrogen and oxygen atoms in total. The first-order chi connectivity index (χ1) is 14.4. The molecule has 0 atom stereocenters. The lowest BCUT2D eigenvalue weighted by molar-refractivity contribution is 0.444. The molecule has 0 aliphatic carbocycles. The number of hydrogen-bond acceptors (Lipinski definition) is 2. The average Bonchev–Trinajstić information content (AvgIpc) is 3.21. The highest BCUT2D eigenvalue weighted by atomic mass is 19.2. The van der Waals surface area contributed by atoms with Gasteiger partial charge >= 0.3 is 0 Å². The van der Waals surface area contributed by atoms with Crippen LogP contribution >= 0.6 is 0 Å². The van der Waals surface area contributed by atoms with Crippen molar-refractivity contribution in [2.24, 2.45) is 4.99 Å². The third-order valence-corrected chi connectivity index (χ3v) is 4.73. The van der Waals surface area contributed by atoms with E-state index in [-0.39, 0.29) is 12.1 Å². The highest BCUT2D eigenvalue weighted by Crippen LogP contribution is 2.24. The van der Waals surface area contributed by atoms with Gasteiger partial charge in [0, 0.05) is 12.4 Å². The Morgan fingerprint density at radius 2 is 1.90 bits per heavy atom. The average molecular weight is 409 g/mol. The predicted molar refractivity (Wildman–Crippen MR) is 111 cm³/mol. The summed E-state index contributed by atoms with van der Waals surface area (Å²) in [4.78, 5) is 8.96. The van der Waals surface area contributed by atoms with Gasteiger partial charge in [-0.1, -0.05) is 31.4 Å². The second-order valence-electron chi connectivity index (χ2n) is 6.82. The van der Waals surface area contributed by atoms with Crippen molar-refractivity contribution in [2.45, 2.75) is 13.5 Å². The lowest BCUT2D eigenvalue weighted by atomic mass is 10.1. The van der Waals surface area contributed by atoms with Crippen LogP contribution in [-0.2, 0) is 6.54 Å². The highest BCUT2D eigenvalue weighted by molar-refractivity contribution is 5.99. The van der Waals surface area contributed by atoms with Gasteiger partial charge in [-0.15, -0.1) is 0 Å². The maximum Gasteiger partial charge on any atom is 0.223 e. The smallest absolute Gasteiger partial charge is 0.223 e. The molecular formula is C22H18F3N5. The van der Waals surface area contributed by atoms with Gasteiger partial charge in [-0.05, 0) is 41.8 Å². The van der Waals surface area contributed by atoms with Crippen molar-refractivity contribution in [3.63, 3.8) is 0 Å². The summed E-state index contributed by atoms with van der Waals surface area (Å²) in [6, 6.07) is 7.64. The molecule has 0 unspecified atom stereocenters. The zero-order chi connectivity index (χ0) is 21.4. The number of rotatable bonds is 4. The minimum Gasteiger partial charge on any atom is -0.322 e. The van der Waals surface area contributed by atoms with E-state index in [1.54, 1.807) is 28.2 Å². The van der Waals surface area contributed by atoms with Crippen molar-refractivity contribution in [2.75, 3.05) is 5.01 Å². The molecule has 4 rings (SSSR count). The summed E-state index contributed by atoms with van der Waals surface area (Å²) in [6.45, 7) is 9.67. The maximum absolute atomic E-state index is 13.8. The van der Waals surface area contributed by atoms with Crippen LogP contribution in [0.4, 0.5) is 18.9 Å². The Bertz CT molecular complexity index is 1170. The molecule has 1 aliphatic heterocycles. The fourth-order valence-corrected chi connectivity index (χ4v) is 3.16. The summed E-state index contributed by atoms with van der Waals surface area (Å²) in [5.41, 5.74) is 3.25. The molecule has 30 heavy (non-hydrogen) atoms. The molecule has 1 N–H and O–H groups in total. The van der Waals surface area contributed by atoms with Gasteiger partial charge in [0.1, 0.15) is 0 Å². The Morgan fingerprint density at radius 3 is 2.60 bits per heavy atom. The Labute approximate surface area is 171 Å². The molecule has 1 aromatic heterocycles. The van der Waals surface area contributed by atoms with Gasteiger partial charge in [0.25, 0.3) is 0 Å². The number of fused-ring (bicyclic) bond motifs is 1. The Hall–Kier alpha value is -3.81. The summed E-state index contributed by atoms with van der Waals surface area (Å²) in [5.74, 6) is -3.11. The zero-order valence-corrected chi connectivity index (χ0v) is 16.2. The van der Waals surface area contributed by atoms with Gasteiger partial charge in [-0.25, -0.2) is 32.8 Å². The number of aromatic nitrogens is 2. The van der Waals surface area contributed by atoms with Crippen LogP contribution in [0, 0.1) is 24.4 Å². The van der Waals surface area contributed by atoms with Crippen LogP contribution in [0.15, 0.2) is 60.9 Å². The molecule has 8 heteroatoms. The molecule has 3 aromatic rings. The fourth-order valence-electron chi connectivity index (χ4n) is 3.16. The van der Waals surface area contributed by atoms with Gasteiger partial charge in [0.05, 0.1) is 17.9 Å². The van der Waals surface area contributed by atoms with E-state index in [0.29, 0.717) is 23.2 Å². The molecule has 0 amide bonds. The van der Waals surface area contributed by atoms with Gasteiger partial charge in [0.2, 0.25) is 5.96 Å². The minimum absolute atomic E-state index is 0.0107. The lowest BCUT2D eigenvalue weighted by Gasteiger charge is -2.33. The molecule has 2 aromatic carbocycles. The highest BCUT2D eigenvalue weighted by Gasteiger charge is 2.26. The molecule has 0 saturated carbocycles. The molecule has 2 heterocycles. The van der Waals surface area contributed by atoms with Crippen molar-refractivity contribution in [1.82, 2.24) is 15.0 Å². The summed E-state index contributed by atoms with van der Waals surface area (Å²) in [5, 5.41) is 4.74. The van der Waals surface area contributed by atoms with Crippen molar-refractivity contribution in [1.29, 1.82) is 0 Å². The number of nitrogens with one attached hydrogen (secondary N) is 1. The first-order valence-electron chi connectivity index (χ1n) is 9.10. The van der Waals surface area contributed by atoms with Gasteiger partial charge < -0.3 is 5.32 Å². The Balaban J connectivity index is 1.81. The van der Waals surface area contributed by atoms with Crippen molar-refractivity contribution in [3.05, 3.63) is 95.8 Å². The predicted octanol–water partition coefficient (Wildman–Crippen LogP) is 4.65. The van der Waals surface area contributed by atoms with Crippen LogP contribution in [0.3, 0.4) is 0 Å². The SMILES string of the molecule is C=Cc1ccc(C)c(N=C2NC(=C)c3nccn3N2Cc2cc(F)c(F)c(F)c2)c1. The van der Waals surface area contributed by atoms with E-state index in [0.717, 1.165) is 23.3 Å². The largest absolute Gasteiger partial charge is 0.322 e. The summed E-state index contributed by atoms with van der Waals surface area (Å²) < 4.78 is 42.5. The van der Waals surface area contributed by atoms with Crippen LogP contribution in [0.5, 0.6) is 0 Å². The quantitative estimate of drug-likeness (QED) is 0.638. The minimum atomic E-state index is -1.50. The molecule has 0 spiro atoms. The Kier molecular flexibility index (Phi) is 4.91. The second kappa shape index (κ2) is 7.55. The van der Waals surface area contributed by atoms with E-state index in [4.69, 9.17) is 4.99 Å². The first-order valence-corrected chi connectivity index (χ1v) is 9.10. The van der Waals surface area contributed by atoms with Crippen LogP contribution in [0.1, 0.15) is 22.5 Å². The van der Waals surface area contributed by atoms with Crippen molar-refractivity contribution >= 4 is 23.4 Å². The molecule has 152 valence electrons. The van der Waals surface area contributed by atoms with E-state index in [9.17, 15) is 13.2 Å². The van der Waals surface area contributed by atoms with E-state index >= 15 is 0 Å². The number of guanidine groups is 1.